The van der Waals surface area contributed by atoms with Gasteiger partial charge in [-0.2, -0.15) is 0 Å². The van der Waals surface area contributed by atoms with Gasteiger partial charge in [0.15, 0.2) is 0 Å². The van der Waals surface area contributed by atoms with Crippen LogP contribution in [0.25, 0.3) is 0 Å². The minimum atomic E-state index is -0.281. The fourth-order valence-electron chi connectivity index (χ4n) is 2.59. The number of carbonyl (C=O) groups is 2. The fourth-order valence-corrected chi connectivity index (χ4v) is 2.59. The molecule has 1 saturated heterocycles. The van der Waals surface area contributed by atoms with E-state index in [1.165, 1.54) is 0 Å². The fraction of sp³-hybridized carbons (Fsp3) is 0.500. The molecule has 1 aliphatic rings. The number of amides is 2. The van der Waals surface area contributed by atoms with E-state index in [0.29, 0.717) is 13.1 Å². The molecule has 120 valence electrons. The minimum Gasteiger partial charge on any atom is -0.497 e. The van der Waals surface area contributed by atoms with Crippen LogP contribution in [-0.2, 0) is 9.59 Å². The zero-order valence-corrected chi connectivity index (χ0v) is 13.6. The van der Waals surface area contributed by atoms with Gasteiger partial charge in [0, 0.05) is 32.9 Å². The molecule has 1 aliphatic heterocycles. The maximum atomic E-state index is 12.4. The predicted molar refractivity (Wildman–Crippen MR) is 85.1 cm³/mol. The normalized spacial score (nSPS) is 17.3. The molecular weight excluding hydrogens is 282 g/mol. The van der Waals surface area contributed by atoms with Crippen LogP contribution in [0.15, 0.2) is 24.3 Å². The van der Waals surface area contributed by atoms with Crippen molar-refractivity contribution in [1.29, 1.82) is 0 Å². The van der Waals surface area contributed by atoms with Gasteiger partial charge >= 0.3 is 0 Å². The highest BCUT2D eigenvalue weighted by molar-refractivity contribution is 5.96. The molecule has 1 fully saturated rings. The second kappa shape index (κ2) is 6.79. The number of likely N-dealkylation sites (N-methyl/N-ethyl adjacent to an activating group) is 1. The third-order valence-corrected chi connectivity index (χ3v) is 3.98. The molecule has 0 spiro atoms. The van der Waals surface area contributed by atoms with Crippen molar-refractivity contribution in [2.45, 2.75) is 13.0 Å². The Hall–Kier alpha value is -2.08. The van der Waals surface area contributed by atoms with Crippen LogP contribution in [0.5, 0.6) is 5.75 Å². The number of hydrogen-bond acceptors (Lipinski definition) is 4. The van der Waals surface area contributed by atoms with E-state index >= 15 is 0 Å². The number of piperazine rings is 1. The summed E-state index contributed by atoms with van der Waals surface area (Å²) in [5.41, 5.74) is 0.858. The van der Waals surface area contributed by atoms with Crippen molar-refractivity contribution in [3.05, 3.63) is 24.3 Å². The minimum absolute atomic E-state index is 0.00910. The topological polar surface area (TPSA) is 53.1 Å². The maximum Gasteiger partial charge on any atom is 0.241 e. The van der Waals surface area contributed by atoms with Gasteiger partial charge < -0.3 is 14.5 Å². The maximum absolute atomic E-state index is 12.4. The smallest absolute Gasteiger partial charge is 0.241 e. The number of benzene rings is 1. The molecule has 2 rings (SSSR count). The summed E-state index contributed by atoms with van der Waals surface area (Å²) in [6, 6.07) is 7.15. The molecular formula is C16H23N3O3. The molecule has 6 heteroatoms. The number of methoxy groups -OCH3 is 1. The van der Waals surface area contributed by atoms with Crippen molar-refractivity contribution in [3.63, 3.8) is 0 Å². The number of rotatable bonds is 4. The zero-order valence-electron chi connectivity index (χ0n) is 13.6. The van der Waals surface area contributed by atoms with Crippen LogP contribution in [-0.4, -0.2) is 68.5 Å². The van der Waals surface area contributed by atoms with Crippen molar-refractivity contribution in [2.24, 2.45) is 0 Å². The summed E-state index contributed by atoms with van der Waals surface area (Å²) in [4.78, 5) is 29.6. The Morgan fingerprint density at radius 1 is 1.23 bits per heavy atom. The molecule has 0 saturated carbocycles. The highest BCUT2D eigenvalue weighted by Gasteiger charge is 2.31. The van der Waals surface area contributed by atoms with E-state index in [9.17, 15) is 9.59 Å². The Bertz CT molecular complexity index is 542. The first-order valence-electron chi connectivity index (χ1n) is 7.33. The lowest BCUT2D eigenvalue weighted by molar-refractivity contribution is -0.135. The van der Waals surface area contributed by atoms with Crippen LogP contribution in [0.2, 0.25) is 0 Å². The van der Waals surface area contributed by atoms with Crippen LogP contribution < -0.4 is 9.64 Å². The van der Waals surface area contributed by atoms with E-state index in [1.807, 2.05) is 36.1 Å². The molecule has 22 heavy (non-hydrogen) atoms. The summed E-state index contributed by atoms with van der Waals surface area (Å²) < 4.78 is 5.13. The van der Waals surface area contributed by atoms with Gasteiger partial charge in [-0.05, 0) is 31.2 Å². The van der Waals surface area contributed by atoms with Gasteiger partial charge in [0.25, 0.3) is 0 Å². The first kappa shape index (κ1) is 16.3. The van der Waals surface area contributed by atoms with Crippen molar-refractivity contribution in [2.75, 3.05) is 45.7 Å². The lowest BCUT2D eigenvalue weighted by Crippen LogP contribution is -2.56. The quantitative estimate of drug-likeness (QED) is 0.826. The molecule has 0 N–H and O–H groups in total. The Labute approximate surface area is 131 Å². The summed E-state index contributed by atoms with van der Waals surface area (Å²) >= 11 is 0. The van der Waals surface area contributed by atoms with Crippen LogP contribution in [0.1, 0.15) is 6.92 Å². The molecule has 0 aromatic heterocycles. The molecule has 0 aliphatic carbocycles. The summed E-state index contributed by atoms with van der Waals surface area (Å²) in [6.45, 7) is 3.36. The van der Waals surface area contributed by atoms with E-state index in [2.05, 4.69) is 0 Å². The van der Waals surface area contributed by atoms with Gasteiger partial charge in [0.1, 0.15) is 5.75 Å². The SMILES string of the molecule is COc1ccc(N2CCN([C@@H](C)C(=O)N(C)C)CC2=O)cc1. The molecule has 0 bridgehead atoms. The Kier molecular flexibility index (Phi) is 5.03. The van der Waals surface area contributed by atoms with E-state index in [-0.39, 0.29) is 24.4 Å². The number of anilines is 1. The van der Waals surface area contributed by atoms with Crippen molar-refractivity contribution in [1.82, 2.24) is 9.80 Å². The van der Waals surface area contributed by atoms with Gasteiger partial charge in [-0.1, -0.05) is 0 Å². The summed E-state index contributed by atoms with van der Waals surface area (Å²) in [6.07, 6.45) is 0. The second-order valence-electron chi connectivity index (χ2n) is 5.62. The van der Waals surface area contributed by atoms with Crippen LogP contribution >= 0.6 is 0 Å². The molecule has 2 amide bonds. The first-order valence-corrected chi connectivity index (χ1v) is 7.33. The van der Waals surface area contributed by atoms with E-state index in [4.69, 9.17) is 4.74 Å². The highest BCUT2D eigenvalue weighted by Crippen LogP contribution is 2.21. The van der Waals surface area contributed by atoms with Gasteiger partial charge in [-0.3, -0.25) is 14.5 Å². The van der Waals surface area contributed by atoms with Gasteiger partial charge in [0.2, 0.25) is 11.8 Å². The Morgan fingerprint density at radius 3 is 2.36 bits per heavy atom. The summed E-state index contributed by atoms with van der Waals surface area (Å²) in [5, 5.41) is 0. The Morgan fingerprint density at radius 2 is 1.86 bits per heavy atom. The zero-order chi connectivity index (χ0) is 16.3. The lowest BCUT2D eigenvalue weighted by atomic mass is 10.2. The second-order valence-corrected chi connectivity index (χ2v) is 5.62. The summed E-state index contributed by atoms with van der Waals surface area (Å²) in [7, 11) is 5.07. The molecule has 0 unspecified atom stereocenters. The van der Waals surface area contributed by atoms with Gasteiger partial charge in [0.05, 0.1) is 19.7 Å². The monoisotopic (exact) mass is 305 g/mol. The van der Waals surface area contributed by atoms with E-state index < -0.39 is 0 Å². The average molecular weight is 305 g/mol. The van der Waals surface area contributed by atoms with Gasteiger partial charge in [-0.25, -0.2) is 0 Å². The number of hydrogen-bond donors (Lipinski definition) is 0. The highest BCUT2D eigenvalue weighted by atomic mass is 16.5. The molecule has 1 heterocycles. The van der Waals surface area contributed by atoms with Crippen molar-refractivity contribution < 1.29 is 14.3 Å². The largest absolute Gasteiger partial charge is 0.497 e. The average Bonchev–Trinajstić information content (AvgIpc) is 2.53. The lowest BCUT2D eigenvalue weighted by Gasteiger charge is -2.37. The number of carbonyl (C=O) groups excluding carboxylic acids is 2. The molecule has 1 aromatic rings. The van der Waals surface area contributed by atoms with Crippen LogP contribution in [0.3, 0.4) is 0 Å². The van der Waals surface area contributed by atoms with Crippen molar-refractivity contribution in [3.8, 4) is 5.75 Å². The number of nitrogens with zero attached hydrogens (tertiary/aromatic N) is 3. The van der Waals surface area contributed by atoms with Crippen molar-refractivity contribution >= 4 is 17.5 Å². The first-order chi connectivity index (χ1) is 10.4. The molecule has 6 nitrogen and oxygen atoms in total. The van der Waals surface area contributed by atoms with E-state index in [0.717, 1.165) is 11.4 Å². The Balaban J connectivity index is 2.03. The van der Waals surface area contributed by atoms with Gasteiger partial charge in [-0.15, -0.1) is 0 Å². The number of ether oxygens (including phenoxy) is 1. The molecule has 1 aromatic carbocycles. The van der Waals surface area contributed by atoms with Crippen LogP contribution in [0, 0.1) is 0 Å². The van der Waals surface area contributed by atoms with Crippen LogP contribution in [0.4, 0.5) is 5.69 Å². The third-order valence-electron chi connectivity index (χ3n) is 3.98. The standard InChI is InChI=1S/C16H23N3O3/c1-12(16(21)17(2)3)18-9-10-19(15(20)11-18)13-5-7-14(22-4)8-6-13/h5-8,12H,9-11H2,1-4H3/t12-/m0/s1. The molecule has 1 atom stereocenters. The predicted octanol–water partition coefficient (Wildman–Crippen LogP) is 0.820. The molecule has 0 radical (unpaired) electrons. The third kappa shape index (κ3) is 3.39. The summed E-state index contributed by atoms with van der Waals surface area (Å²) in [5.74, 6) is 0.792. The van der Waals surface area contributed by atoms with E-state index in [1.54, 1.807) is 31.0 Å².